The van der Waals surface area contributed by atoms with Crippen molar-refractivity contribution in [3.05, 3.63) is 57.0 Å². The number of halogens is 1. The largest absolute Gasteiger partial charge is 0.356 e. The number of fused-ring (bicyclic) bond motifs is 1. The highest BCUT2D eigenvalue weighted by atomic mass is 35.5. The lowest BCUT2D eigenvalue weighted by Crippen LogP contribution is -2.12. The molecule has 4 nitrogen and oxygen atoms in total. The molecule has 0 spiro atoms. The van der Waals surface area contributed by atoms with Gasteiger partial charge in [-0.3, -0.25) is 4.79 Å². The number of hydrogen-bond donors (Lipinski definition) is 1. The summed E-state index contributed by atoms with van der Waals surface area (Å²) in [5, 5.41) is 5.56. The van der Waals surface area contributed by atoms with Crippen molar-refractivity contribution in [2.24, 2.45) is 0 Å². The summed E-state index contributed by atoms with van der Waals surface area (Å²) in [5.41, 5.74) is 4.05. The number of nitrogens with one attached hydrogen (secondary N) is 1. The minimum absolute atomic E-state index is 0.161. The molecule has 1 N–H and O–H groups in total. The van der Waals surface area contributed by atoms with E-state index in [0.717, 1.165) is 41.4 Å². The van der Waals surface area contributed by atoms with E-state index in [-0.39, 0.29) is 5.56 Å². The smallest absolute Gasteiger partial charge is 0.260 e. The summed E-state index contributed by atoms with van der Waals surface area (Å²) in [5.74, 6) is 0.501. The first-order valence-electron chi connectivity index (χ1n) is 8.62. The zero-order valence-electron chi connectivity index (χ0n) is 14.1. The van der Waals surface area contributed by atoms with Gasteiger partial charge in [0.2, 0.25) is 0 Å². The van der Waals surface area contributed by atoms with Crippen molar-refractivity contribution in [2.45, 2.75) is 39.0 Å². The Balaban J connectivity index is 2.09. The van der Waals surface area contributed by atoms with Crippen LogP contribution < -0.4 is 5.56 Å². The van der Waals surface area contributed by atoms with E-state index in [9.17, 15) is 4.79 Å². The molecule has 0 bridgehead atoms. The Bertz CT molecular complexity index is 1030. The molecule has 25 heavy (non-hydrogen) atoms. The van der Waals surface area contributed by atoms with E-state index in [0.29, 0.717) is 16.3 Å². The van der Waals surface area contributed by atoms with E-state index in [4.69, 9.17) is 16.1 Å². The first-order valence-corrected chi connectivity index (χ1v) is 9.00. The summed E-state index contributed by atoms with van der Waals surface area (Å²) in [6.07, 6.45) is 7.75. The van der Waals surface area contributed by atoms with Crippen molar-refractivity contribution >= 4 is 28.1 Å². The maximum atomic E-state index is 12.9. The molecule has 0 aliphatic heterocycles. The number of aryl methyl sites for hydroxylation is 1. The molecule has 1 aliphatic rings. The number of H-pyrrole nitrogens is 1. The van der Waals surface area contributed by atoms with Crippen LogP contribution in [0.15, 0.2) is 39.7 Å². The van der Waals surface area contributed by atoms with E-state index in [1.54, 1.807) is 6.07 Å². The molecule has 0 fully saturated rings. The molecule has 0 saturated carbocycles. The number of hydrogen-bond acceptors (Lipinski definition) is 3. The van der Waals surface area contributed by atoms with Gasteiger partial charge < -0.3 is 9.51 Å². The molecular formula is C20H19ClN2O2. The minimum Gasteiger partial charge on any atom is -0.356 e. The Morgan fingerprint density at radius 3 is 2.84 bits per heavy atom. The lowest BCUT2D eigenvalue weighted by molar-refractivity contribution is 0.426. The molecule has 2 aromatic heterocycles. The molecule has 0 atom stereocenters. The zero-order chi connectivity index (χ0) is 17.4. The van der Waals surface area contributed by atoms with Gasteiger partial charge in [0, 0.05) is 27.6 Å². The van der Waals surface area contributed by atoms with Crippen LogP contribution in [0.3, 0.4) is 0 Å². The third-order valence-corrected chi connectivity index (χ3v) is 4.95. The molecule has 0 saturated heterocycles. The monoisotopic (exact) mass is 354 g/mol. The third-order valence-electron chi connectivity index (χ3n) is 4.71. The summed E-state index contributed by atoms with van der Waals surface area (Å²) < 4.78 is 5.44. The molecule has 0 radical (unpaired) electrons. The van der Waals surface area contributed by atoms with E-state index in [1.165, 1.54) is 18.4 Å². The van der Waals surface area contributed by atoms with Gasteiger partial charge in [0.1, 0.15) is 0 Å². The Morgan fingerprint density at radius 2 is 2.04 bits per heavy atom. The van der Waals surface area contributed by atoms with Crippen LogP contribution >= 0.6 is 11.6 Å². The molecule has 1 aliphatic carbocycles. The number of benzene rings is 1. The quantitative estimate of drug-likeness (QED) is 0.661. The summed E-state index contributed by atoms with van der Waals surface area (Å²) in [6, 6.07) is 7.38. The second-order valence-corrected chi connectivity index (χ2v) is 6.99. The van der Waals surface area contributed by atoms with Crippen LogP contribution in [0.1, 0.15) is 43.4 Å². The number of allylic oxidation sites excluding steroid dienone is 2. The fourth-order valence-corrected chi connectivity index (χ4v) is 3.73. The van der Waals surface area contributed by atoms with Gasteiger partial charge >= 0.3 is 0 Å². The Hall–Kier alpha value is -2.33. The second-order valence-electron chi connectivity index (χ2n) is 6.56. The summed E-state index contributed by atoms with van der Waals surface area (Å²) in [4.78, 5) is 15.8. The van der Waals surface area contributed by atoms with Crippen LogP contribution in [0.5, 0.6) is 0 Å². The number of pyridine rings is 1. The zero-order valence-corrected chi connectivity index (χ0v) is 14.8. The number of rotatable bonds is 2. The van der Waals surface area contributed by atoms with E-state index >= 15 is 0 Å². The average Bonchev–Trinajstić information content (AvgIpc) is 2.84. The van der Waals surface area contributed by atoms with Crippen molar-refractivity contribution in [3.63, 3.8) is 0 Å². The average molecular weight is 355 g/mol. The normalized spacial score (nSPS) is 15.2. The summed E-state index contributed by atoms with van der Waals surface area (Å²) in [7, 11) is 0. The van der Waals surface area contributed by atoms with Crippen LogP contribution in [-0.4, -0.2) is 10.1 Å². The molecule has 1 aromatic carbocycles. The summed E-state index contributed by atoms with van der Waals surface area (Å²) >= 11 is 6.26. The summed E-state index contributed by atoms with van der Waals surface area (Å²) in [6.45, 7) is 1.85. The Morgan fingerprint density at radius 1 is 1.16 bits per heavy atom. The first-order chi connectivity index (χ1) is 12.1. The Kier molecular flexibility index (Phi) is 4.22. The SMILES string of the molecule is Cc1cc(-c2c(C3=CCCCCC3)c3cc(Cl)ccc3[nH]c2=O)on1. The lowest BCUT2D eigenvalue weighted by Gasteiger charge is -2.14. The lowest BCUT2D eigenvalue weighted by atomic mass is 9.92. The standard InChI is InChI=1S/C20H19ClN2O2/c1-12-10-17(25-23-12)19-18(13-6-4-2-3-5-7-13)15-11-14(21)8-9-16(15)22-20(19)24/h6,8-11H,2-5,7H2,1H3,(H,22,24). The fourth-order valence-electron chi connectivity index (χ4n) is 3.56. The van der Waals surface area contributed by atoms with Crippen LogP contribution in [0.4, 0.5) is 0 Å². The predicted octanol–water partition coefficient (Wildman–Crippen LogP) is 5.49. The van der Waals surface area contributed by atoms with Gasteiger partial charge in [0.15, 0.2) is 5.76 Å². The highest BCUT2D eigenvalue weighted by molar-refractivity contribution is 6.31. The van der Waals surface area contributed by atoms with E-state index < -0.39 is 0 Å². The molecule has 128 valence electrons. The van der Waals surface area contributed by atoms with E-state index in [2.05, 4.69) is 16.2 Å². The molecule has 0 amide bonds. The minimum atomic E-state index is -0.161. The van der Waals surface area contributed by atoms with Crippen molar-refractivity contribution in [2.75, 3.05) is 0 Å². The van der Waals surface area contributed by atoms with Gasteiger partial charge in [-0.25, -0.2) is 0 Å². The number of aromatic nitrogens is 2. The topological polar surface area (TPSA) is 58.9 Å². The van der Waals surface area contributed by atoms with Gasteiger partial charge in [0.05, 0.1) is 11.3 Å². The molecule has 0 unspecified atom stereocenters. The van der Waals surface area contributed by atoms with Gasteiger partial charge in [-0.2, -0.15) is 0 Å². The number of aromatic amines is 1. The van der Waals surface area contributed by atoms with Crippen LogP contribution in [0.25, 0.3) is 27.8 Å². The van der Waals surface area contributed by atoms with Crippen LogP contribution in [0, 0.1) is 6.92 Å². The van der Waals surface area contributed by atoms with Gasteiger partial charge in [-0.1, -0.05) is 29.3 Å². The fraction of sp³-hybridized carbons (Fsp3) is 0.300. The highest BCUT2D eigenvalue weighted by Gasteiger charge is 2.21. The van der Waals surface area contributed by atoms with Crippen LogP contribution in [0.2, 0.25) is 5.02 Å². The second kappa shape index (κ2) is 6.52. The highest BCUT2D eigenvalue weighted by Crippen LogP contribution is 2.37. The number of nitrogens with zero attached hydrogens (tertiary/aromatic N) is 1. The molecule has 2 heterocycles. The van der Waals surface area contributed by atoms with Crippen LogP contribution in [-0.2, 0) is 0 Å². The third kappa shape index (κ3) is 3.02. The van der Waals surface area contributed by atoms with Crippen molar-refractivity contribution < 1.29 is 4.52 Å². The van der Waals surface area contributed by atoms with Crippen molar-refractivity contribution in [3.8, 4) is 11.3 Å². The molecule has 3 aromatic rings. The van der Waals surface area contributed by atoms with Gasteiger partial charge in [0.25, 0.3) is 5.56 Å². The maximum absolute atomic E-state index is 12.9. The predicted molar refractivity (Wildman–Crippen MR) is 101 cm³/mol. The molecule has 5 heteroatoms. The van der Waals surface area contributed by atoms with Crippen molar-refractivity contribution in [1.82, 2.24) is 10.1 Å². The van der Waals surface area contributed by atoms with E-state index in [1.807, 2.05) is 25.1 Å². The first kappa shape index (κ1) is 16.2. The van der Waals surface area contributed by atoms with Gasteiger partial charge in [-0.05, 0) is 56.4 Å². The maximum Gasteiger partial charge on any atom is 0.260 e. The Labute approximate surface area is 150 Å². The molecular weight excluding hydrogens is 336 g/mol. The molecule has 4 rings (SSSR count). The van der Waals surface area contributed by atoms with Crippen molar-refractivity contribution in [1.29, 1.82) is 0 Å². The van der Waals surface area contributed by atoms with Gasteiger partial charge in [-0.15, -0.1) is 0 Å².